The summed E-state index contributed by atoms with van der Waals surface area (Å²) in [7, 11) is 1.90. The maximum Gasteiger partial charge on any atom is 0.223 e. The summed E-state index contributed by atoms with van der Waals surface area (Å²) in [6.45, 7) is 6.13. The van der Waals surface area contributed by atoms with Crippen molar-refractivity contribution in [2.75, 3.05) is 33.2 Å². The van der Waals surface area contributed by atoms with Gasteiger partial charge in [0.15, 0.2) is 0 Å². The molecule has 1 aliphatic heterocycles. The van der Waals surface area contributed by atoms with Crippen LogP contribution in [-0.4, -0.2) is 48.9 Å². The summed E-state index contributed by atoms with van der Waals surface area (Å²) in [5.41, 5.74) is 1.41. The zero-order valence-corrected chi connectivity index (χ0v) is 12.0. The topological polar surface area (TPSA) is 23.6 Å². The molecule has 0 aliphatic carbocycles. The average Bonchev–Trinajstić information content (AvgIpc) is 2.61. The van der Waals surface area contributed by atoms with Crippen LogP contribution < -0.4 is 0 Å². The third-order valence-electron chi connectivity index (χ3n) is 4.07. The summed E-state index contributed by atoms with van der Waals surface area (Å²) >= 11 is 0. The Labute approximate surface area is 116 Å². The molecule has 19 heavy (non-hydrogen) atoms. The molecule has 1 unspecified atom stereocenters. The van der Waals surface area contributed by atoms with Gasteiger partial charge in [-0.25, -0.2) is 0 Å². The molecule has 0 aromatic heterocycles. The van der Waals surface area contributed by atoms with Gasteiger partial charge in [-0.2, -0.15) is 0 Å². The minimum Gasteiger partial charge on any atom is -0.344 e. The second kappa shape index (κ2) is 6.71. The highest BCUT2D eigenvalue weighted by molar-refractivity contribution is 5.76. The van der Waals surface area contributed by atoms with E-state index in [1.165, 1.54) is 5.56 Å². The number of nitrogens with zero attached hydrogens (tertiary/aromatic N) is 2. The van der Waals surface area contributed by atoms with Crippen molar-refractivity contribution in [3.63, 3.8) is 0 Å². The molecular weight excluding hydrogens is 236 g/mol. The summed E-state index contributed by atoms with van der Waals surface area (Å²) in [5, 5.41) is 0. The second-order valence-corrected chi connectivity index (χ2v) is 5.51. The Morgan fingerprint density at radius 1 is 1.16 bits per heavy atom. The van der Waals surface area contributed by atoms with Crippen molar-refractivity contribution in [2.45, 2.75) is 25.7 Å². The number of rotatable bonds is 4. The first kappa shape index (κ1) is 14.1. The maximum atomic E-state index is 11.6. The summed E-state index contributed by atoms with van der Waals surface area (Å²) in [4.78, 5) is 15.9. The lowest BCUT2D eigenvalue weighted by Crippen LogP contribution is -2.31. The first-order valence-corrected chi connectivity index (χ1v) is 7.18. The predicted octanol–water partition coefficient (Wildman–Crippen LogP) is 2.34. The molecule has 1 atom stereocenters. The molecule has 1 saturated heterocycles. The summed E-state index contributed by atoms with van der Waals surface area (Å²) in [6, 6.07) is 10.7. The molecule has 1 aromatic carbocycles. The second-order valence-electron chi connectivity index (χ2n) is 5.51. The van der Waals surface area contributed by atoms with Crippen molar-refractivity contribution in [3.8, 4) is 0 Å². The Morgan fingerprint density at radius 3 is 2.63 bits per heavy atom. The number of carbonyl (C=O) groups excluding carboxylic acids is 1. The molecular formula is C16H24N2O. The average molecular weight is 260 g/mol. The first-order chi connectivity index (χ1) is 9.16. The summed E-state index contributed by atoms with van der Waals surface area (Å²) in [6.07, 6.45) is 1.82. The Kier molecular flexibility index (Phi) is 4.97. The van der Waals surface area contributed by atoms with Crippen molar-refractivity contribution in [3.05, 3.63) is 35.9 Å². The van der Waals surface area contributed by atoms with Gasteiger partial charge in [0.05, 0.1) is 0 Å². The Hall–Kier alpha value is -1.35. The standard InChI is InChI=1S/C16H24N2O/c1-14(15-6-4-3-5-7-15)8-10-18-11-9-16(19)17(2)12-13-18/h3-7,14H,8-13H2,1-2H3. The quantitative estimate of drug-likeness (QED) is 0.829. The minimum absolute atomic E-state index is 0.276. The number of benzene rings is 1. The fourth-order valence-corrected chi connectivity index (χ4v) is 2.52. The minimum atomic E-state index is 0.276. The van der Waals surface area contributed by atoms with Crippen LogP contribution in [0.5, 0.6) is 0 Å². The highest BCUT2D eigenvalue weighted by Gasteiger charge is 2.18. The van der Waals surface area contributed by atoms with Crippen LogP contribution in [0.15, 0.2) is 30.3 Å². The number of carbonyl (C=O) groups is 1. The first-order valence-electron chi connectivity index (χ1n) is 7.18. The fraction of sp³-hybridized carbons (Fsp3) is 0.562. The molecule has 0 N–H and O–H groups in total. The molecule has 1 heterocycles. The molecule has 1 aliphatic rings. The van der Waals surface area contributed by atoms with E-state index in [0.29, 0.717) is 12.3 Å². The molecule has 1 fully saturated rings. The molecule has 1 amide bonds. The van der Waals surface area contributed by atoms with Crippen molar-refractivity contribution < 1.29 is 4.79 Å². The van der Waals surface area contributed by atoms with E-state index in [-0.39, 0.29) is 5.91 Å². The number of amides is 1. The van der Waals surface area contributed by atoms with Gasteiger partial charge >= 0.3 is 0 Å². The number of hydrogen-bond acceptors (Lipinski definition) is 2. The van der Waals surface area contributed by atoms with Crippen LogP contribution in [0.2, 0.25) is 0 Å². The van der Waals surface area contributed by atoms with Gasteiger partial charge < -0.3 is 9.80 Å². The lowest BCUT2D eigenvalue weighted by Gasteiger charge is -2.22. The van der Waals surface area contributed by atoms with Gasteiger partial charge in [-0.1, -0.05) is 37.3 Å². The van der Waals surface area contributed by atoms with Crippen LogP contribution >= 0.6 is 0 Å². The van der Waals surface area contributed by atoms with Gasteiger partial charge in [-0.3, -0.25) is 4.79 Å². The van der Waals surface area contributed by atoms with E-state index in [0.717, 1.165) is 32.6 Å². The van der Waals surface area contributed by atoms with E-state index in [1.807, 2.05) is 11.9 Å². The van der Waals surface area contributed by atoms with Crippen LogP contribution in [-0.2, 0) is 4.79 Å². The van der Waals surface area contributed by atoms with E-state index in [4.69, 9.17) is 0 Å². The Morgan fingerprint density at radius 2 is 1.89 bits per heavy atom. The van der Waals surface area contributed by atoms with Crippen LogP contribution in [0.25, 0.3) is 0 Å². The van der Waals surface area contributed by atoms with E-state index >= 15 is 0 Å². The normalized spacial score (nSPS) is 19.3. The molecule has 0 radical (unpaired) electrons. The highest BCUT2D eigenvalue weighted by Crippen LogP contribution is 2.19. The van der Waals surface area contributed by atoms with Crippen molar-refractivity contribution in [1.29, 1.82) is 0 Å². The number of likely N-dealkylation sites (N-methyl/N-ethyl adjacent to an activating group) is 1. The molecule has 0 bridgehead atoms. The lowest BCUT2D eigenvalue weighted by atomic mass is 9.98. The third kappa shape index (κ3) is 4.06. The van der Waals surface area contributed by atoms with Crippen LogP contribution in [0.4, 0.5) is 0 Å². The van der Waals surface area contributed by atoms with Crippen molar-refractivity contribution in [2.24, 2.45) is 0 Å². The van der Waals surface area contributed by atoms with Crippen LogP contribution in [0, 0.1) is 0 Å². The molecule has 104 valence electrons. The zero-order chi connectivity index (χ0) is 13.7. The number of hydrogen-bond donors (Lipinski definition) is 0. The SMILES string of the molecule is CC(CCN1CCC(=O)N(C)CC1)c1ccccc1. The van der Waals surface area contributed by atoms with Gasteiger partial charge in [-0.15, -0.1) is 0 Å². The summed E-state index contributed by atoms with van der Waals surface area (Å²) < 4.78 is 0. The Bertz CT molecular complexity index is 404. The molecule has 0 saturated carbocycles. The van der Waals surface area contributed by atoms with Crippen molar-refractivity contribution in [1.82, 2.24) is 9.80 Å². The van der Waals surface area contributed by atoms with Crippen LogP contribution in [0.1, 0.15) is 31.2 Å². The van der Waals surface area contributed by atoms with Crippen molar-refractivity contribution >= 4 is 5.91 Å². The lowest BCUT2D eigenvalue weighted by molar-refractivity contribution is -0.129. The van der Waals surface area contributed by atoms with Gasteiger partial charge in [-0.05, 0) is 24.4 Å². The monoisotopic (exact) mass is 260 g/mol. The predicted molar refractivity (Wildman–Crippen MR) is 78.2 cm³/mol. The molecule has 3 heteroatoms. The van der Waals surface area contributed by atoms with Gasteiger partial charge in [0.25, 0.3) is 0 Å². The van der Waals surface area contributed by atoms with E-state index < -0.39 is 0 Å². The van der Waals surface area contributed by atoms with E-state index in [1.54, 1.807) is 0 Å². The molecule has 0 spiro atoms. The molecule has 1 aromatic rings. The third-order valence-corrected chi connectivity index (χ3v) is 4.07. The van der Waals surface area contributed by atoms with E-state index in [9.17, 15) is 4.79 Å². The molecule has 3 nitrogen and oxygen atoms in total. The maximum absolute atomic E-state index is 11.6. The largest absolute Gasteiger partial charge is 0.344 e. The van der Waals surface area contributed by atoms with Crippen LogP contribution in [0.3, 0.4) is 0 Å². The smallest absolute Gasteiger partial charge is 0.223 e. The fourth-order valence-electron chi connectivity index (χ4n) is 2.52. The highest BCUT2D eigenvalue weighted by atomic mass is 16.2. The summed E-state index contributed by atoms with van der Waals surface area (Å²) in [5.74, 6) is 0.858. The van der Waals surface area contributed by atoms with Gasteiger partial charge in [0.2, 0.25) is 5.91 Å². The molecule has 2 rings (SSSR count). The van der Waals surface area contributed by atoms with Gasteiger partial charge in [0.1, 0.15) is 0 Å². The zero-order valence-electron chi connectivity index (χ0n) is 12.0. The Balaban J connectivity index is 1.81. The van der Waals surface area contributed by atoms with E-state index in [2.05, 4.69) is 42.2 Å². The van der Waals surface area contributed by atoms with Gasteiger partial charge in [0, 0.05) is 33.1 Å².